The number of thiophene rings is 1. The molecule has 0 radical (unpaired) electrons. The van der Waals surface area contributed by atoms with E-state index in [2.05, 4.69) is 5.10 Å². The van der Waals surface area contributed by atoms with Gasteiger partial charge in [0.2, 0.25) is 0 Å². The molecule has 1 aromatic heterocycles. The second-order valence-electron chi connectivity index (χ2n) is 5.34. The number of carboxylic acid groups (broad SMARTS) is 1. The van der Waals surface area contributed by atoms with Gasteiger partial charge in [-0.3, -0.25) is 4.79 Å². The predicted molar refractivity (Wildman–Crippen MR) is 95.5 cm³/mol. The van der Waals surface area contributed by atoms with Crippen molar-refractivity contribution >= 4 is 40.7 Å². The Morgan fingerprint density at radius 2 is 2.17 bits per heavy atom. The highest BCUT2D eigenvalue weighted by Crippen LogP contribution is 2.28. The zero-order valence-electron chi connectivity index (χ0n) is 13.1. The van der Waals surface area contributed by atoms with Crippen molar-refractivity contribution in [2.24, 2.45) is 5.10 Å². The molecule has 2 heterocycles. The normalized spacial score (nSPS) is 15.9. The van der Waals surface area contributed by atoms with Crippen molar-refractivity contribution in [2.45, 2.75) is 19.8 Å². The third kappa shape index (κ3) is 3.14. The molecule has 1 aromatic carbocycles. The van der Waals surface area contributed by atoms with Crippen LogP contribution in [0.4, 0.5) is 5.69 Å². The summed E-state index contributed by atoms with van der Waals surface area (Å²) in [6, 6.07) is 10.1. The maximum atomic E-state index is 12.8. The molecule has 1 N–H and O–H groups in total. The van der Waals surface area contributed by atoms with E-state index in [-0.39, 0.29) is 11.5 Å². The Balaban J connectivity index is 2.00. The number of nitrogens with zero attached hydrogens (tertiary/aromatic N) is 2. The number of hydrogen-bond acceptors (Lipinski definition) is 4. The molecule has 1 aliphatic rings. The molecule has 0 fully saturated rings. The SMILES string of the molecule is CCCC1=NN(c2cccc(C(=O)O)c2)C(=O)/C1=C/c1cccs1. The van der Waals surface area contributed by atoms with Gasteiger partial charge in [-0.05, 0) is 42.1 Å². The van der Waals surface area contributed by atoms with Crippen molar-refractivity contribution in [1.29, 1.82) is 0 Å². The van der Waals surface area contributed by atoms with Gasteiger partial charge < -0.3 is 5.11 Å². The Morgan fingerprint density at radius 3 is 2.83 bits per heavy atom. The Labute approximate surface area is 143 Å². The van der Waals surface area contributed by atoms with E-state index in [0.29, 0.717) is 17.7 Å². The summed E-state index contributed by atoms with van der Waals surface area (Å²) in [6.07, 6.45) is 3.41. The Morgan fingerprint density at radius 1 is 1.33 bits per heavy atom. The number of anilines is 1. The molecular formula is C18H16N2O3S. The summed E-state index contributed by atoms with van der Waals surface area (Å²) in [5.41, 5.74) is 1.89. The van der Waals surface area contributed by atoms with Gasteiger partial charge in [0.15, 0.2) is 0 Å². The average molecular weight is 340 g/mol. The monoisotopic (exact) mass is 340 g/mol. The lowest BCUT2D eigenvalue weighted by Crippen LogP contribution is -2.21. The summed E-state index contributed by atoms with van der Waals surface area (Å²) >= 11 is 1.56. The van der Waals surface area contributed by atoms with E-state index in [0.717, 1.165) is 17.0 Å². The first kappa shape index (κ1) is 16.1. The molecule has 0 bridgehead atoms. The van der Waals surface area contributed by atoms with Crippen LogP contribution in [0.25, 0.3) is 6.08 Å². The molecule has 24 heavy (non-hydrogen) atoms. The van der Waals surface area contributed by atoms with Crippen molar-refractivity contribution in [3.63, 3.8) is 0 Å². The number of benzene rings is 1. The van der Waals surface area contributed by atoms with E-state index in [1.54, 1.807) is 23.5 Å². The van der Waals surface area contributed by atoms with Gasteiger partial charge in [0, 0.05) is 4.88 Å². The maximum Gasteiger partial charge on any atom is 0.335 e. The van der Waals surface area contributed by atoms with E-state index in [9.17, 15) is 9.59 Å². The highest BCUT2D eigenvalue weighted by atomic mass is 32.1. The largest absolute Gasteiger partial charge is 0.478 e. The van der Waals surface area contributed by atoms with Gasteiger partial charge in [-0.25, -0.2) is 4.79 Å². The second kappa shape index (κ2) is 6.80. The van der Waals surface area contributed by atoms with Gasteiger partial charge >= 0.3 is 5.97 Å². The summed E-state index contributed by atoms with van der Waals surface area (Å²) in [6.45, 7) is 2.03. The molecule has 0 atom stereocenters. The number of carbonyl (C=O) groups excluding carboxylic acids is 1. The zero-order chi connectivity index (χ0) is 17.1. The van der Waals surface area contributed by atoms with Gasteiger partial charge in [-0.15, -0.1) is 11.3 Å². The van der Waals surface area contributed by atoms with Crippen molar-refractivity contribution in [2.75, 3.05) is 5.01 Å². The van der Waals surface area contributed by atoms with Crippen molar-refractivity contribution in [1.82, 2.24) is 0 Å². The topological polar surface area (TPSA) is 70.0 Å². The van der Waals surface area contributed by atoms with Crippen LogP contribution in [0, 0.1) is 0 Å². The molecule has 0 saturated heterocycles. The van der Waals surface area contributed by atoms with E-state index >= 15 is 0 Å². The summed E-state index contributed by atoms with van der Waals surface area (Å²) in [7, 11) is 0. The first-order valence-electron chi connectivity index (χ1n) is 7.61. The fourth-order valence-electron chi connectivity index (χ4n) is 2.49. The van der Waals surface area contributed by atoms with Gasteiger partial charge in [0.05, 0.1) is 22.5 Å². The first-order chi connectivity index (χ1) is 11.6. The highest BCUT2D eigenvalue weighted by Gasteiger charge is 2.30. The molecule has 1 amide bonds. The fraction of sp³-hybridized carbons (Fsp3) is 0.167. The number of hydrazone groups is 1. The fourth-order valence-corrected chi connectivity index (χ4v) is 3.14. The Hall–Kier alpha value is -2.73. The van der Waals surface area contributed by atoms with Crippen LogP contribution in [-0.2, 0) is 4.79 Å². The summed E-state index contributed by atoms with van der Waals surface area (Å²) in [5.74, 6) is -1.26. The van der Waals surface area contributed by atoms with Crippen molar-refractivity contribution in [3.05, 3.63) is 57.8 Å². The van der Waals surface area contributed by atoms with Gasteiger partial charge in [-0.2, -0.15) is 10.1 Å². The Kier molecular flexibility index (Phi) is 4.57. The van der Waals surface area contributed by atoms with Gasteiger partial charge in [0.25, 0.3) is 5.91 Å². The maximum absolute atomic E-state index is 12.8. The number of aromatic carboxylic acids is 1. The number of rotatable bonds is 5. The van der Waals surface area contributed by atoms with Crippen LogP contribution in [-0.4, -0.2) is 22.7 Å². The molecule has 0 unspecified atom stereocenters. The minimum absolute atomic E-state index is 0.128. The average Bonchev–Trinajstić information content (AvgIpc) is 3.19. The molecule has 0 spiro atoms. The van der Waals surface area contributed by atoms with Crippen LogP contribution in [0.2, 0.25) is 0 Å². The highest BCUT2D eigenvalue weighted by molar-refractivity contribution is 7.10. The lowest BCUT2D eigenvalue weighted by atomic mass is 10.1. The smallest absolute Gasteiger partial charge is 0.335 e. The van der Waals surface area contributed by atoms with E-state index in [1.165, 1.54) is 17.1 Å². The third-order valence-corrected chi connectivity index (χ3v) is 4.43. The molecule has 0 aliphatic carbocycles. The minimum atomic E-state index is -1.03. The molecule has 3 rings (SSSR count). The van der Waals surface area contributed by atoms with Gasteiger partial charge in [-0.1, -0.05) is 25.5 Å². The molecule has 1 aliphatic heterocycles. The molecule has 2 aromatic rings. The van der Waals surface area contributed by atoms with E-state index in [4.69, 9.17) is 5.11 Å². The Bertz CT molecular complexity index is 838. The summed E-state index contributed by atoms with van der Waals surface area (Å²) in [5, 5.41) is 16.8. The minimum Gasteiger partial charge on any atom is -0.478 e. The number of amides is 1. The van der Waals surface area contributed by atoms with Crippen LogP contribution >= 0.6 is 11.3 Å². The summed E-state index contributed by atoms with van der Waals surface area (Å²) < 4.78 is 0. The van der Waals surface area contributed by atoms with Crippen molar-refractivity contribution in [3.8, 4) is 0 Å². The van der Waals surface area contributed by atoms with E-state index < -0.39 is 5.97 Å². The predicted octanol–water partition coefficient (Wildman–Crippen LogP) is 4.03. The molecular weight excluding hydrogens is 324 g/mol. The first-order valence-corrected chi connectivity index (χ1v) is 8.49. The standard InChI is InChI=1S/C18H16N2O3S/c1-2-5-16-15(11-14-8-4-9-24-14)17(21)20(19-16)13-7-3-6-12(10-13)18(22)23/h3-4,6-11H,2,5H2,1H3,(H,22,23)/b15-11+. The van der Waals surface area contributed by atoms with Gasteiger partial charge in [0.1, 0.15) is 0 Å². The quantitative estimate of drug-likeness (QED) is 0.835. The van der Waals surface area contributed by atoms with E-state index in [1.807, 2.05) is 30.5 Å². The van der Waals surface area contributed by atoms with Crippen LogP contribution in [0.3, 0.4) is 0 Å². The zero-order valence-corrected chi connectivity index (χ0v) is 13.9. The number of carboxylic acids is 1. The van der Waals surface area contributed by atoms with Crippen LogP contribution < -0.4 is 5.01 Å². The molecule has 6 heteroatoms. The number of hydrogen-bond donors (Lipinski definition) is 1. The lowest BCUT2D eigenvalue weighted by Gasteiger charge is -2.12. The van der Waals surface area contributed by atoms with Crippen LogP contribution in [0.1, 0.15) is 35.0 Å². The molecule has 122 valence electrons. The number of carbonyl (C=O) groups is 2. The second-order valence-corrected chi connectivity index (χ2v) is 6.32. The molecule has 5 nitrogen and oxygen atoms in total. The van der Waals surface area contributed by atoms with Crippen LogP contribution in [0.5, 0.6) is 0 Å². The molecule has 0 saturated carbocycles. The lowest BCUT2D eigenvalue weighted by molar-refractivity contribution is -0.114. The summed E-state index contributed by atoms with van der Waals surface area (Å²) in [4.78, 5) is 24.9. The third-order valence-electron chi connectivity index (χ3n) is 3.61. The van der Waals surface area contributed by atoms with Crippen molar-refractivity contribution < 1.29 is 14.7 Å². The van der Waals surface area contributed by atoms with Crippen LogP contribution in [0.15, 0.2) is 52.5 Å².